The molecule has 1 heterocycles. The van der Waals surface area contributed by atoms with Gasteiger partial charge in [0.25, 0.3) is 15.0 Å². The highest BCUT2D eigenvalue weighted by Crippen LogP contribution is 2.30. The highest BCUT2D eigenvalue weighted by Gasteiger charge is 2.34. The van der Waals surface area contributed by atoms with E-state index < -0.39 is 9.05 Å². The van der Waals surface area contributed by atoms with Crippen molar-refractivity contribution in [3.8, 4) is 0 Å². The lowest BCUT2D eigenvalue weighted by Crippen LogP contribution is -2.33. The van der Waals surface area contributed by atoms with Crippen LogP contribution in [-0.2, 0) is 9.05 Å². The molecule has 1 fully saturated rings. The Bertz CT molecular complexity index is 589. The second-order valence-electron chi connectivity index (χ2n) is 4.70. The fraction of sp³-hybridized carbons (Fsp3) is 0.583. The topological polar surface area (TPSA) is 67.6 Å². The lowest BCUT2D eigenvalue weighted by atomic mass is 10.3. The number of hydrogen-bond donors (Lipinski definition) is 0. The number of amides is 1. The van der Waals surface area contributed by atoms with Crippen molar-refractivity contribution in [1.29, 1.82) is 0 Å². The van der Waals surface area contributed by atoms with E-state index in [0.717, 1.165) is 19.3 Å². The molecular formula is C12H16ClNO4S. The molecule has 19 heavy (non-hydrogen) atoms. The average molecular weight is 306 g/mol. The van der Waals surface area contributed by atoms with Crippen molar-refractivity contribution >= 4 is 25.6 Å². The Labute approximate surface area is 116 Å². The van der Waals surface area contributed by atoms with Crippen LogP contribution in [0.5, 0.6) is 0 Å². The maximum Gasteiger partial charge on any atom is 0.289 e. The maximum atomic E-state index is 12.3. The standard InChI is InChI=1S/C12H16ClNO4S/c1-3-6-14(9-4-5-9)12(15)10-7-11(8(2)18-10)19(13,16)17/h7,9H,3-6H2,1-2H3. The Balaban J connectivity index is 2.28. The highest BCUT2D eigenvalue weighted by atomic mass is 35.7. The van der Waals surface area contributed by atoms with Gasteiger partial charge in [-0.2, -0.15) is 0 Å². The molecule has 0 unspecified atom stereocenters. The van der Waals surface area contributed by atoms with E-state index in [2.05, 4.69) is 0 Å². The van der Waals surface area contributed by atoms with Crippen molar-refractivity contribution in [1.82, 2.24) is 4.90 Å². The lowest BCUT2D eigenvalue weighted by Gasteiger charge is -2.20. The van der Waals surface area contributed by atoms with Crippen LogP contribution >= 0.6 is 10.7 Å². The highest BCUT2D eigenvalue weighted by molar-refractivity contribution is 8.13. The number of aryl methyl sites for hydroxylation is 1. The van der Waals surface area contributed by atoms with Gasteiger partial charge < -0.3 is 9.32 Å². The molecule has 0 N–H and O–H groups in total. The van der Waals surface area contributed by atoms with E-state index in [9.17, 15) is 13.2 Å². The van der Waals surface area contributed by atoms with Crippen LogP contribution in [0.25, 0.3) is 0 Å². The summed E-state index contributed by atoms with van der Waals surface area (Å²) in [6.07, 6.45) is 2.83. The first-order valence-electron chi connectivity index (χ1n) is 6.20. The molecule has 1 aliphatic rings. The van der Waals surface area contributed by atoms with Crippen molar-refractivity contribution in [2.24, 2.45) is 0 Å². The third kappa shape index (κ3) is 3.12. The molecule has 1 aliphatic carbocycles. The SMILES string of the molecule is CCCN(C(=O)c1cc(S(=O)(=O)Cl)c(C)o1)C1CC1. The van der Waals surface area contributed by atoms with Crippen LogP contribution in [0.4, 0.5) is 0 Å². The molecule has 106 valence electrons. The Morgan fingerprint density at radius 3 is 2.58 bits per heavy atom. The summed E-state index contributed by atoms with van der Waals surface area (Å²) in [5.74, 6) is -0.0818. The Hall–Kier alpha value is -1.01. The van der Waals surface area contributed by atoms with Crippen LogP contribution in [0.2, 0.25) is 0 Å². The molecule has 1 aromatic rings. The van der Waals surface area contributed by atoms with E-state index in [1.165, 1.54) is 13.0 Å². The van der Waals surface area contributed by atoms with E-state index in [1.54, 1.807) is 4.90 Å². The summed E-state index contributed by atoms with van der Waals surface area (Å²) in [5, 5.41) is 0. The molecule has 0 radical (unpaired) electrons. The molecule has 7 heteroatoms. The van der Waals surface area contributed by atoms with Crippen molar-refractivity contribution in [3.63, 3.8) is 0 Å². The van der Waals surface area contributed by atoms with Gasteiger partial charge in [0.05, 0.1) is 0 Å². The largest absolute Gasteiger partial charge is 0.455 e. The van der Waals surface area contributed by atoms with Crippen molar-refractivity contribution in [3.05, 3.63) is 17.6 Å². The predicted molar refractivity (Wildman–Crippen MR) is 70.8 cm³/mol. The minimum Gasteiger partial charge on any atom is -0.455 e. The van der Waals surface area contributed by atoms with E-state index in [-0.39, 0.29) is 28.4 Å². The molecule has 0 spiro atoms. The normalized spacial score (nSPS) is 15.5. The zero-order valence-corrected chi connectivity index (χ0v) is 12.4. The van der Waals surface area contributed by atoms with E-state index >= 15 is 0 Å². The number of carbonyl (C=O) groups excluding carboxylic acids is 1. The van der Waals surface area contributed by atoms with Crippen LogP contribution in [0.15, 0.2) is 15.4 Å². The fourth-order valence-electron chi connectivity index (χ4n) is 2.03. The number of furan rings is 1. The molecule has 0 aliphatic heterocycles. The van der Waals surface area contributed by atoms with Crippen LogP contribution in [0, 0.1) is 6.92 Å². The van der Waals surface area contributed by atoms with E-state index in [4.69, 9.17) is 15.1 Å². The zero-order chi connectivity index (χ0) is 14.2. The second kappa shape index (κ2) is 5.17. The van der Waals surface area contributed by atoms with Crippen LogP contribution < -0.4 is 0 Å². The Kier molecular flexibility index (Phi) is 3.92. The molecule has 1 aromatic heterocycles. The van der Waals surface area contributed by atoms with Gasteiger partial charge in [0.2, 0.25) is 0 Å². The molecule has 0 bridgehead atoms. The summed E-state index contributed by atoms with van der Waals surface area (Å²) in [7, 11) is 1.40. The number of nitrogens with zero attached hydrogens (tertiary/aromatic N) is 1. The summed E-state index contributed by atoms with van der Waals surface area (Å²) in [5.41, 5.74) is 0. The molecule has 5 nitrogen and oxygen atoms in total. The number of carbonyl (C=O) groups is 1. The van der Waals surface area contributed by atoms with Crippen LogP contribution in [0.3, 0.4) is 0 Å². The first-order valence-corrected chi connectivity index (χ1v) is 8.51. The number of rotatable bonds is 5. The summed E-state index contributed by atoms with van der Waals surface area (Å²) in [6.45, 7) is 4.12. The van der Waals surface area contributed by atoms with Gasteiger partial charge in [-0.15, -0.1) is 0 Å². The smallest absolute Gasteiger partial charge is 0.289 e. The van der Waals surface area contributed by atoms with Gasteiger partial charge in [-0.05, 0) is 26.2 Å². The van der Waals surface area contributed by atoms with Gasteiger partial charge in [0.1, 0.15) is 10.7 Å². The van der Waals surface area contributed by atoms with Gasteiger partial charge in [-0.1, -0.05) is 6.92 Å². The van der Waals surface area contributed by atoms with Gasteiger partial charge in [0.15, 0.2) is 5.76 Å². The average Bonchev–Trinajstić information content (AvgIpc) is 3.06. The summed E-state index contributed by atoms with van der Waals surface area (Å²) < 4.78 is 27.9. The molecule has 2 rings (SSSR count). The zero-order valence-electron chi connectivity index (χ0n) is 10.8. The third-order valence-corrected chi connectivity index (χ3v) is 4.49. The third-order valence-electron chi connectivity index (χ3n) is 3.06. The van der Waals surface area contributed by atoms with Crippen molar-refractivity contribution in [2.45, 2.75) is 44.0 Å². The summed E-state index contributed by atoms with van der Waals surface area (Å²) in [6, 6.07) is 1.47. The van der Waals surface area contributed by atoms with Gasteiger partial charge >= 0.3 is 0 Å². The van der Waals surface area contributed by atoms with E-state index in [1.807, 2.05) is 6.92 Å². The van der Waals surface area contributed by atoms with Gasteiger partial charge in [-0.3, -0.25) is 4.79 Å². The first kappa shape index (κ1) is 14.4. The number of halogens is 1. The first-order chi connectivity index (χ1) is 8.84. The van der Waals surface area contributed by atoms with Crippen molar-refractivity contribution in [2.75, 3.05) is 6.54 Å². The fourth-order valence-corrected chi connectivity index (χ4v) is 3.12. The molecule has 0 atom stereocenters. The molecular weight excluding hydrogens is 290 g/mol. The molecule has 1 saturated carbocycles. The quantitative estimate of drug-likeness (QED) is 0.784. The maximum absolute atomic E-state index is 12.3. The predicted octanol–water partition coefficient (Wildman–Crippen LogP) is 2.53. The van der Waals surface area contributed by atoms with Crippen LogP contribution in [0.1, 0.15) is 42.5 Å². The summed E-state index contributed by atoms with van der Waals surface area (Å²) in [4.78, 5) is 13.9. The lowest BCUT2D eigenvalue weighted by molar-refractivity contribution is 0.0709. The molecule has 1 amide bonds. The second-order valence-corrected chi connectivity index (χ2v) is 7.23. The minimum absolute atomic E-state index is 0.0390. The Morgan fingerprint density at radius 1 is 1.53 bits per heavy atom. The Morgan fingerprint density at radius 2 is 2.16 bits per heavy atom. The van der Waals surface area contributed by atoms with Crippen LogP contribution in [-0.4, -0.2) is 31.8 Å². The molecule has 0 aromatic carbocycles. The molecule has 0 saturated heterocycles. The van der Waals surface area contributed by atoms with Gasteiger partial charge in [0, 0.05) is 29.3 Å². The monoisotopic (exact) mass is 305 g/mol. The minimum atomic E-state index is -3.88. The van der Waals surface area contributed by atoms with Crippen molar-refractivity contribution < 1.29 is 17.6 Å². The number of hydrogen-bond acceptors (Lipinski definition) is 4. The van der Waals surface area contributed by atoms with E-state index in [0.29, 0.717) is 6.54 Å². The summed E-state index contributed by atoms with van der Waals surface area (Å²) >= 11 is 0. The van der Waals surface area contributed by atoms with Gasteiger partial charge in [-0.25, -0.2) is 8.42 Å².